The second kappa shape index (κ2) is 16.2. The van der Waals surface area contributed by atoms with E-state index in [9.17, 15) is 4.79 Å². The van der Waals surface area contributed by atoms with Crippen LogP contribution in [0, 0.1) is 0 Å². The van der Waals surface area contributed by atoms with Crippen LogP contribution < -0.4 is 20.7 Å². The van der Waals surface area contributed by atoms with Crippen molar-refractivity contribution in [1.82, 2.24) is 10.6 Å². The third kappa shape index (κ3) is 11.6. The summed E-state index contributed by atoms with van der Waals surface area (Å²) in [5.74, 6) is 1.42. The highest BCUT2D eigenvalue weighted by molar-refractivity contribution is 14.0. The van der Waals surface area contributed by atoms with E-state index in [4.69, 9.17) is 9.47 Å². The number of amides is 1. The van der Waals surface area contributed by atoms with Crippen LogP contribution in [-0.2, 0) is 9.53 Å². The molecule has 1 aromatic carbocycles. The average Bonchev–Trinajstić information content (AvgIpc) is 2.71. The fourth-order valence-electron chi connectivity index (χ4n) is 3.28. The molecule has 1 fully saturated rings. The number of carbonyl (C=O) groups excluding carboxylic acids is 1. The summed E-state index contributed by atoms with van der Waals surface area (Å²) in [5, 5.41) is 9.28. The lowest BCUT2D eigenvalue weighted by molar-refractivity contribution is -0.114. The van der Waals surface area contributed by atoms with Crippen LogP contribution in [0.3, 0.4) is 0 Å². The molecular formula is C22H37IN4O3. The Hall–Kier alpha value is -1.55. The second-order valence-corrected chi connectivity index (χ2v) is 7.23. The summed E-state index contributed by atoms with van der Waals surface area (Å²) in [6.07, 6.45) is 7.77. The molecule has 3 N–H and O–H groups in total. The molecule has 0 unspecified atom stereocenters. The van der Waals surface area contributed by atoms with Gasteiger partial charge in [-0.1, -0.05) is 25.3 Å². The molecule has 0 spiro atoms. The van der Waals surface area contributed by atoms with Gasteiger partial charge in [0.25, 0.3) is 0 Å². The molecule has 1 aromatic rings. The monoisotopic (exact) mass is 532 g/mol. The number of benzene rings is 1. The Bertz CT molecular complexity index is 637. The number of aliphatic imine (C=N–C) groups is 1. The van der Waals surface area contributed by atoms with Crippen molar-refractivity contribution in [2.24, 2.45) is 4.99 Å². The Morgan fingerprint density at radius 3 is 2.70 bits per heavy atom. The molecule has 1 amide bonds. The summed E-state index contributed by atoms with van der Waals surface area (Å²) in [5.41, 5.74) is 0.730. The van der Waals surface area contributed by atoms with Gasteiger partial charge in [0, 0.05) is 38.4 Å². The largest absolute Gasteiger partial charge is 0.492 e. The molecule has 7 nitrogen and oxygen atoms in total. The molecule has 2 rings (SSSR count). The number of guanidine groups is 1. The van der Waals surface area contributed by atoms with Gasteiger partial charge >= 0.3 is 0 Å². The highest BCUT2D eigenvalue weighted by Crippen LogP contribution is 2.20. The van der Waals surface area contributed by atoms with E-state index >= 15 is 0 Å². The zero-order valence-electron chi connectivity index (χ0n) is 18.2. The smallest absolute Gasteiger partial charge is 0.221 e. The minimum absolute atomic E-state index is 0. The number of halogens is 1. The van der Waals surface area contributed by atoms with E-state index < -0.39 is 0 Å². The lowest BCUT2D eigenvalue weighted by atomic mass is 9.98. The average molecular weight is 532 g/mol. The molecule has 0 heterocycles. The van der Waals surface area contributed by atoms with Crippen molar-refractivity contribution in [1.29, 1.82) is 0 Å². The Morgan fingerprint density at radius 2 is 1.97 bits per heavy atom. The third-order valence-electron chi connectivity index (χ3n) is 4.64. The van der Waals surface area contributed by atoms with E-state index in [1.807, 2.05) is 31.2 Å². The second-order valence-electron chi connectivity index (χ2n) is 7.23. The van der Waals surface area contributed by atoms with Gasteiger partial charge in [0.05, 0.1) is 12.6 Å². The van der Waals surface area contributed by atoms with Crippen molar-refractivity contribution in [2.45, 2.75) is 58.5 Å². The number of nitrogens with zero attached hydrogens (tertiary/aromatic N) is 1. The minimum Gasteiger partial charge on any atom is -0.492 e. The first-order chi connectivity index (χ1) is 14.2. The predicted molar refractivity (Wildman–Crippen MR) is 133 cm³/mol. The topological polar surface area (TPSA) is 84.0 Å². The van der Waals surface area contributed by atoms with Crippen LogP contribution in [-0.4, -0.2) is 50.8 Å². The van der Waals surface area contributed by atoms with Crippen molar-refractivity contribution in [3.05, 3.63) is 24.3 Å². The van der Waals surface area contributed by atoms with Crippen molar-refractivity contribution in [3.63, 3.8) is 0 Å². The van der Waals surface area contributed by atoms with Gasteiger partial charge in [-0.2, -0.15) is 0 Å². The summed E-state index contributed by atoms with van der Waals surface area (Å²) >= 11 is 0. The Morgan fingerprint density at radius 1 is 1.17 bits per heavy atom. The van der Waals surface area contributed by atoms with Crippen molar-refractivity contribution in [3.8, 4) is 5.75 Å². The molecule has 0 aliphatic heterocycles. The summed E-state index contributed by atoms with van der Waals surface area (Å²) in [6.45, 7) is 7.00. The first-order valence-corrected chi connectivity index (χ1v) is 10.8. The van der Waals surface area contributed by atoms with Gasteiger partial charge in [-0.3, -0.25) is 9.79 Å². The molecule has 8 heteroatoms. The molecule has 1 aliphatic carbocycles. The fourth-order valence-corrected chi connectivity index (χ4v) is 3.28. The number of ether oxygens (including phenoxy) is 2. The molecule has 170 valence electrons. The zero-order chi connectivity index (χ0) is 20.7. The van der Waals surface area contributed by atoms with Crippen LogP contribution in [0.15, 0.2) is 29.3 Å². The molecule has 0 saturated heterocycles. The molecule has 1 aliphatic rings. The molecule has 1 saturated carbocycles. The Labute approximate surface area is 197 Å². The maximum atomic E-state index is 11.1. The first-order valence-electron chi connectivity index (χ1n) is 10.8. The van der Waals surface area contributed by atoms with E-state index in [1.54, 1.807) is 0 Å². The summed E-state index contributed by atoms with van der Waals surface area (Å²) in [7, 11) is 0. The van der Waals surface area contributed by atoms with Gasteiger partial charge in [-0.15, -0.1) is 24.0 Å². The van der Waals surface area contributed by atoms with Crippen LogP contribution in [0.2, 0.25) is 0 Å². The number of carbonyl (C=O) groups is 1. The zero-order valence-corrected chi connectivity index (χ0v) is 20.6. The Kier molecular flexibility index (Phi) is 14.3. The van der Waals surface area contributed by atoms with Crippen molar-refractivity contribution < 1.29 is 14.3 Å². The Balaban J connectivity index is 0.00000450. The van der Waals surface area contributed by atoms with Gasteiger partial charge < -0.3 is 25.4 Å². The number of hydrogen-bond acceptors (Lipinski definition) is 4. The van der Waals surface area contributed by atoms with Crippen LogP contribution in [0.1, 0.15) is 52.4 Å². The normalized spacial score (nSPS) is 14.5. The van der Waals surface area contributed by atoms with Gasteiger partial charge in [-0.05, 0) is 38.3 Å². The van der Waals surface area contributed by atoms with E-state index in [0.717, 1.165) is 43.5 Å². The van der Waals surface area contributed by atoms with E-state index in [0.29, 0.717) is 19.3 Å². The first kappa shape index (κ1) is 26.5. The van der Waals surface area contributed by atoms with Crippen molar-refractivity contribution in [2.75, 3.05) is 38.2 Å². The maximum Gasteiger partial charge on any atom is 0.221 e. The lowest BCUT2D eigenvalue weighted by Gasteiger charge is -2.21. The van der Waals surface area contributed by atoms with Crippen molar-refractivity contribution >= 4 is 41.5 Å². The SMILES string of the molecule is CCNC(=NCCCOC1CCCCC1)NCCOc1cccc(NC(C)=O)c1.I. The summed E-state index contributed by atoms with van der Waals surface area (Å²) in [6, 6.07) is 7.37. The van der Waals surface area contributed by atoms with Gasteiger partial charge in [0.1, 0.15) is 12.4 Å². The molecule has 0 aromatic heterocycles. The standard InChI is InChI=1S/C22H36N4O3.HI/c1-3-23-22(24-13-8-15-28-20-10-5-4-6-11-20)25-14-16-29-21-12-7-9-19(17-21)26-18(2)27;/h7,9,12,17,20H,3-6,8,10-11,13-16H2,1-2H3,(H,26,27)(H2,23,24,25);1H. The predicted octanol–water partition coefficient (Wildman–Crippen LogP) is 3.94. The van der Waals surface area contributed by atoms with E-state index in [1.165, 1.54) is 39.0 Å². The van der Waals surface area contributed by atoms with Gasteiger partial charge in [-0.25, -0.2) is 0 Å². The van der Waals surface area contributed by atoms with Gasteiger partial charge in [0.2, 0.25) is 5.91 Å². The van der Waals surface area contributed by atoms with E-state index in [-0.39, 0.29) is 29.9 Å². The highest BCUT2D eigenvalue weighted by atomic mass is 127. The summed E-state index contributed by atoms with van der Waals surface area (Å²) in [4.78, 5) is 15.7. The summed E-state index contributed by atoms with van der Waals surface area (Å²) < 4.78 is 11.7. The molecule has 0 bridgehead atoms. The molecule has 0 radical (unpaired) electrons. The van der Waals surface area contributed by atoms with Crippen LogP contribution >= 0.6 is 24.0 Å². The molecule has 0 atom stereocenters. The van der Waals surface area contributed by atoms with Crippen LogP contribution in [0.5, 0.6) is 5.75 Å². The molecular weight excluding hydrogens is 495 g/mol. The number of anilines is 1. The number of rotatable bonds is 11. The highest BCUT2D eigenvalue weighted by Gasteiger charge is 2.12. The number of nitrogens with one attached hydrogen (secondary N) is 3. The number of hydrogen-bond donors (Lipinski definition) is 3. The molecule has 30 heavy (non-hydrogen) atoms. The third-order valence-corrected chi connectivity index (χ3v) is 4.64. The van der Waals surface area contributed by atoms with E-state index in [2.05, 4.69) is 20.9 Å². The van der Waals surface area contributed by atoms with Crippen LogP contribution in [0.4, 0.5) is 5.69 Å². The quantitative estimate of drug-likeness (QED) is 0.174. The lowest BCUT2D eigenvalue weighted by Crippen LogP contribution is -2.39. The van der Waals surface area contributed by atoms with Crippen LogP contribution in [0.25, 0.3) is 0 Å². The fraction of sp³-hybridized carbons (Fsp3) is 0.636. The maximum absolute atomic E-state index is 11.1. The minimum atomic E-state index is -0.0977. The van der Waals surface area contributed by atoms with Gasteiger partial charge in [0.15, 0.2) is 5.96 Å².